The number of aliphatic hydroxyl groups is 1. The highest BCUT2D eigenvalue weighted by Crippen LogP contribution is 2.12. The average Bonchev–Trinajstić information content (AvgIpc) is 2.19. The van der Waals surface area contributed by atoms with Crippen LogP contribution in [-0.2, 0) is 0 Å². The van der Waals surface area contributed by atoms with Gasteiger partial charge in [0.05, 0.1) is 6.61 Å². The summed E-state index contributed by atoms with van der Waals surface area (Å²) >= 11 is 1.47. The molecule has 72 valence electrons. The van der Waals surface area contributed by atoms with Gasteiger partial charge in [-0.25, -0.2) is 4.98 Å². The standard InChI is InChI=1S/C8H12N2O2S/c1-13-8-9-4-3-7(10-8)12-6-2-5-11/h3-4,11H,2,5-6H2,1H3. The minimum Gasteiger partial charge on any atom is -0.477 e. The van der Waals surface area contributed by atoms with Gasteiger partial charge in [0, 0.05) is 25.3 Å². The first-order chi connectivity index (χ1) is 6.36. The normalized spacial score (nSPS) is 10.0. The van der Waals surface area contributed by atoms with Crippen molar-refractivity contribution in [3.05, 3.63) is 12.3 Å². The number of rotatable bonds is 5. The first-order valence-electron chi connectivity index (χ1n) is 3.97. The molecule has 0 saturated carbocycles. The maximum atomic E-state index is 8.53. The molecule has 1 heterocycles. The van der Waals surface area contributed by atoms with E-state index in [1.807, 2.05) is 6.26 Å². The molecule has 0 unspecified atom stereocenters. The first-order valence-corrected chi connectivity index (χ1v) is 5.20. The molecule has 0 aromatic carbocycles. The van der Waals surface area contributed by atoms with E-state index in [9.17, 15) is 0 Å². The minimum atomic E-state index is 0.139. The van der Waals surface area contributed by atoms with E-state index >= 15 is 0 Å². The second kappa shape index (κ2) is 5.77. The minimum absolute atomic E-state index is 0.139. The zero-order chi connectivity index (χ0) is 9.52. The predicted molar refractivity (Wildman–Crippen MR) is 51.0 cm³/mol. The van der Waals surface area contributed by atoms with Crippen LogP contribution >= 0.6 is 11.8 Å². The Balaban J connectivity index is 2.46. The quantitative estimate of drug-likeness (QED) is 0.436. The fourth-order valence-electron chi connectivity index (χ4n) is 0.745. The molecule has 1 aromatic rings. The van der Waals surface area contributed by atoms with Gasteiger partial charge in [0.25, 0.3) is 0 Å². The summed E-state index contributed by atoms with van der Waals surface area (Å²) in [5, 5.41) is 9.22. The number of aliphatic hydroxyl groups excluding tert-OH is 1. The maximum Gasteiger partial charge on any atom is 0.217 e. The van der Waals surface area contributed by atoms with Crippen molar-refractivity contribution in [1.29, 1.82) is 0 Å². The lowest BCUT2D eigenvalue weighted by Crippen LogP contribution is -2.01. The zero-order valence-corrected chi connectivity index (χ0v) is 8.25. The number of thioether (sulfide) groups is 1. The molecule has 0 saturated heterocycles. The van der Waals surface area contributed by atoms with Gasteiger partial charge < -0.3 is 9.84 Å². The van der Waals surface area contributed by atoms with E-state index in [2.05, 4.69) is 9.97 Å². The van der Waals surface area contributed by atoms with Crippen molar-refractivity contribution in [2.45, 2.75) is 11.6 Å². The van der Waals surface area contributed by atoms with Crippen molar-refractivity contribution in [1.82, 2.24) is 9.97 Å². The van der Waals surface area contributed by atoms with E-state index < -0.39 is 0 Å². The molecule has 0 amide bonds. The molecule has 1 rings (SSSR count). The number of nitrogens with zero attached hydrogens (tertiary/aromatic N) is 2. The topological polar surface area (TPSA) is 55.2 Å². The van der Waals surface area contributed by atoms with Gasteiger partial charge >= 0.3 is 0 Å². The summed E-state index contributed by atoms with van der Waals surface area (Å²) in [6, 6.07) is 1.71. The van der Waals surface area contributed by atoms with Crippen LogP contribution in [0.1, 0.15) is 6.42 Å². The van der Waals surface area contributed by atoms with Gasteiger partial charge in [0.2, 0.25) is 5.88 Å². The van der Waals surface area contributed by atoms with Crippen LogP contribution < -0.4 is 4.74 Å². The lowest BCUT2D eigenvalue weighted by atomic mass is 10.5. The molecule has 0 radical (unpaired) electrons. The van der Waals surface area contributed by atoms with Crippen LogP contribution in [0.3, 0.4) is 0 Å². The van der Waals surface area contributed by atoms with Gasteiger partial charge in [-0.05, 0) is 6.26 Å². The fraction of sp³-hybridized carbons (Fsp3) is 0.500. The molecule has 1 aromatic heterocycles. The second-order valence-electron chi connectivity index (χ2n) is 2.31. The van der Waals surface area contributed by atoms with Crippen molar-refractivity contribution in [3.63, 3.8) is 0 Å². The number of ether oxygens (including phenoxy) is 1. The summed E-state index contributed by atoms with van der Waals surface area (Å²) in [6.07, 6.45) is 4.19. The molecule has 0 atom stereocenters. The van der Waals surface area contributed by atoms with Crippen LogP contribution in [0.4, 0.5) is 0 Å². The fourth-order valence-corrected chi connectivity index (χ4v) is 1.09. The zero-order valence-electron chi connectivity index (χ0n) is 7.43. The van der Waals surface area contributed by atoms with Crippen LogP contribution in [-0.4, -0.2) is 34.5 Å². The van der Waals surface area contributed by atoms with Gasteiger partial charge in [-0.3, -0.25) is 0 Å². The summed E-state index contributed by atoms with van der Waals surface area (Å²) in [5.74, 6) is 0.563. The molecular formula is C8H12N2O2S. The highest BCUT2D eigenvalue weighted by Gasteiger charge is 1.97. The summed E-state index contributed by atoms with van der Waals surface area (Å²) in [4.78, 5) is 8.12. The molecular weight excluding hydrogens is 188 g/mol. The monoisotopic (exact) mass is 200 g/mol. The van der Waals surface area contributed by atoms with E-state index in [-0.39, 0.29) is 6.61 Å². The van der Waals surface area contributed by atoms with Crippen LogP contribution in [0.15, 0.2) is 17.4 Å². The van der Waals surface area contributed by atoms with E-state index in [0.29, 0.717) is 24.1 Å². The maximum absolute atomic E-state index is 8.53. The highest BCUT2D eigenvalue weighted by molar-refractivity contribution is 7.98. The van der Waals surface area contributed by atoms with Crippen molar-refractivity contribution in [3.8, 4) is 5.88 Å². The number of aromatic nitrogens is 2. The van der Waals surface area contributed by atoms with Crippen LogP contribution in [0.25, 0.3) is 0 Å². The molecule has 0 aliphatic rings. The third kappa shape index (κ3) is 3.61. The Morgan fingerprint density at radius 1 is 1.62 bits per heavy atom. The molecule has 0 aliphatic heterocycles. The lowest BCUT2D eigenvalue weighted by molar-refractivity contribution is 0.228. The van der Waals surface area contributed by atoms with Crippen LogP contribution in [0, 0.1) is 0 Å². The molecule has 1 N–H and O–H groups in total. The van der Waals surface area contributed by atoms with E-state index in [0.717, 1.165) is 0 Å². The Morgan fingerprint density at radius 2 is 2.46 bits per heavy atom. The van der Waals surface area contributed by atoms with Crippen molar-refractivity contribution in [2.24, 2.45) is 0 Å². The molecule has 13 heavy (non-hydrogen) atoms. The summed E-state index contributed by atoms with van der Waals surface area (Å²) in [5.41, 5.74) is 0. The Kier molecular flexibility index (Phi) is 4.56. The Bertz CT molecular complexity index is 258. The lowest BCUT2D eigenvalue weighted by Gasteiger charge is -2.03. The third-order valence-corrected chi connectivity index (χ3v) is 1.90. The Morgan fingerprint density at radius 3 is 3.15 bits per heavy atom. The summed E-state index contributed by atoms with van der Waals surface area (Å²) < 4.78 is 5.26. The van der Waals surface area contributed by atoms with Crippen LogP contribution in [0.2, 0.25) is 0 Å². The van der Waals surface area contributed by atoms with E-state index in [1.54, 1.807) is 12.3 Å². The second-order valence-corrected chi connectivity index (χ2v) is 3.08. The number of hydrogen-bond acceptors (Lipinski definition) is 5. The molecule has 0 aliphatic carbocycles. The van der Waals surface area contributed by atoms with E-state index in [4.69, 9.17) is 9.84 Å². The molecule has 0 fully saturated rings. The van der Waals surface area contributed by atoms with Gasteiger partial charge in [-0.2, -0.15) is 4.98 Å². The average molecular weight is 200 g/mol. The van der Waals surface area contributed by atoms with E-state index in [1.165, 1.54) is 11.8 Å². The van der Waals surface area contributed by atoms with Gasteiger partial charge in [-0.1, -0.05) is 11.8 Å². The third-order valence-electron chi connectivity index (χ3n) is 1.34. The van der Waals surface area contributed by atoms with Gasteiger partial charge in [0.1, 0.15) is 0 Å². The first kappa shape index (κ1) is 10.3. The molecule has 0 spiro atoms. The predicted octanol–water partition coefficient (Wildman–Crippen LogP) is 0.960. The number of hydrogen-bond donors (Lipinski definition) is 1. The largest absolute Gasteiger partial charge is 0.477 e. The smallest absolute Gasteiger partial charge is 0.217 e. The Labute approximate surface area is 81.4 Å². The van der Waals surface area contributed by atoms with Crippen molar-refractivity contribution in [2.75, 3.05) is 19.5 Å². The molecule has 5 heteroatoms. The molecule has 4 nitrogen and oxygen atoms in total. The highest BCUT2D eigenvalue weighted by atomic mass is 32.2. The molecule has 0 bridgehead atoms. The summed E-state index contributed by atoms with van der Waals surface area (Å²) in [7, 11) is 0. The Hall–Kier alpha value is -0.810. The SMILES string of the molecule is CSc1nccc(OCCCO)n1. The van der Waals surface area contributed by atoms with Crippen molar-refractivity contribution >= 4 is 11.8 Å². The van der Waals surface area contributed by atoms with Gasteiger partial charge in [-0.15, -0.1) is 0 Å². The van der Waals surface area contributed by atoms with Crippen LogP contribution in [0.5, 0.6) is 5.88 Å². The summed E-state index contributed by atoms with van der Waals surface area (Å²) in [6.45, 7) is 0.627. The van der Waals surface area contributed by atoms with Crippen molar-refractivity contribution < 1.29 is 9.84 Å². The van der Waals surface area contributed by atoms with Gasteiger partial charge in [0.15, 0.2) is 5.16 Å².